The first-order valence-corrected chi connectivity index (χ1v) is 8.92. The number of primary sulfonamides is 1. The normalized spacial score (nSPS) is 13.1. The van der Waals surface area contributed by atoms with E-state index in [2.05, 4.69) is 0 Å². The minimum atomic E-state index is -3.90. The lowest BCUT2D eigenvalue weighted by Gasteiger charge is -1.99. The first-order chi connectivity index (χ1) is 7.69. The number of halogens is 1. The first-order valence-electron chi connectivity index (χ1n) is 4.18. The predicted octanol–water partition coefficient (Wildman–Crippen LogP) is 1.48. The van der Waals surface area contributed by atoms with Crippen molar-refractivity contribution in [3.8, 4) is 0 Å². The van der Waals surface area contributed by atoms with E-state index in [0.717, 1.165) is 11.3 Å². The van der Waals surface area contributed by atoms with Crippen molar-refractivity contribution in [2.24, 2.45) is 5.14 Å². The maximum absolute atomic E-state index is 11.3. The fourth-order valence-corrected chi connectivity index (χ4v) is 4.37. The molecule has 0 aliphatic heterocycles. The largest absolute Gasteiger partial charge is 0.262 e. The minimum Gasteiger partial charge on any atom is -0.225 e. The van der Waals surface area contributed by atoms with E-state index in [1.807, 2.05) is 0 Å². The van der Waals surface area contributed by atoms with Crippen LogP contribution in [0.4, 0.5) is 0 Å². The number of nitrogens with two attached hydrogens (primary N) is 1. The van der Waals surface area contributed by atoms with Crippen molar-refractivity contribution in [1.82, 2.24) is 0 Å². The molecule has 17 heavy (non-hydrogen) atoms. The predicted molar refractivity (Wildman–Crippen MR) is 66.2 cm³/mol. The summed E-state index contributed by atoms with van der Waals surface area (Å²) >= 11 is 1.16. The van der Waals surface area contributed by atoms with Gasteiger partial charge in [0.2, 0.25) is 10.0 Å². The van der Waals surface area contributed by atoms with Gasteiger partial charge in [0.1, 0.15) is 4.90 Å². The van der Waals surface area contributed by atoms with Crippen LogP contribution in [0.2, 0.25) is 0 Å². The van der Waals surface area contributed by atoms with Gasteiger partial charge in [-0.15, -0.1) is 11.3 Å². The Morgan fingerprint density at radius 2 is 1.82 bits per heavy atom. The van der Waals surface area contributed by atoms with Crippen molar-refractivity contribution in [1.29, 1.82) is 0 Å². The zero-order valence-corrected chi connectivity index (χ0v) is 11.3. The summed E-state index contributed by atoms with van der Waals surface area (Å²) in [6, 6.07) is 4.01. The molecule has 0 fully saturated rings. The Labute approximate surface area is 106 Å². The molecule has 1 aromatic carbocycles. The van der Waals surface area contributed by atoms with Crippen molar-refractivity contribution in [3.05, 3.63) is 23.6 Å². The van der Waals surface area contributed by atoms with Crippen LogP contribution >= 0.6 is 22.0 Å². The van der Waals surface area contributed by atoms with E-state index in [1.165, 1.54) is 23.6 Å². The summed E-state index contributed by atoms with van der Waals surface area (Å²) < 4.78 is 45.5. The van der Waals surface area contributed by atoms with Crippen molar-refractivity contribution >= 4 is 51.2 Å². The molecular weight excluding hydrogens is 306 g/mol. The van der Waals surface area contributed by atoms with Gasteiger partial charge in [0.05, 0.1) is 4.90 Å². The molecule has 1 aromatic heterocycles. The summed E-state index contributed by atoms with van der Waals surface area (Å²) in [5, 5.41) is 6.59. The van der Waals surface area contributed by atoms with Crippen LogP contribution in [-0.4, -0.2) is 16.8 Å². The number of rotatable bonds is 2. The van der Waals surface area contributed by atoms with Crippen LogP contribution in [0.15, 0.2) is 33.4 Å². The molecule has 2 aromatic rings. The summed E-state index contributed by atoms with van der Waals surface area (Å²) in [6.07, 6.45) is 0. The number of thiophene rings is 1. The second kappa shape index (κ2) is 3.92. The number of sulfonamides is 1. The van der Waals surface area contributed by atoms with Gasteiger partial charge >= 0.3 is 0 Å². The molecule has 92 valence electrons. The average Bonchev–Trinajstić information content (AvgIpc) is 2.57. The molecule has 0 aliphatic carbocycles. The van der Waals surface area contributed by atoms with E-state index in [4.69, 9.17) is 15.8 Å². The van der Waals surface area contributed by atoms with E-state index in [-0.39, 0.29) is 15.2 Å². The summed E-state index contributed by atoms with van der Waals surface area (Å²) in [6.45, 7) is 0. The highest BCUT2D eigenvalue weighted by Crippen LogP contribution is 2.32. The topological polar surface area (TPSA) is 94.3 Å². The molecule has 0 aliphatic rings. The van der Waals surface area contributed by atoms with Crippen LogP contribution in [0, 0.1) is 0 Å². The van der Waals surface area contributed by atoms with Crippen molar-refractivity contribution in [3.63, 3.8) is 0 Å². The van der Waals surface area contributed by atoms with Crippen molar-refractivity contribution < 1.29 is 16.8 Å². The molecule has 2 rings (SSSR count). The second-order valence-electron chi connectivity index (χ2n) is 3.24. The highest BCUT2D eigenvalue weighted by molar-refractivity contribution is 8.14. The van der Waals surface area contributed by atoms with Crippen LogP contribution in [0.3, 0.4) is 0 Å². The van der Waals surface area contributed by atoms with Crippen LogP contribution in [0.1, 0.15) is 0 Å². The summed E-state index contributed by atoms with van der Waals surface area (Å²) in [5.41, 5.74) is 0. The lowest BCUT2D eigenvalue weighted by Crippen LogP contribution is -2.11. The van der Waals surface area contributed by atoms with Gasteiger partial charge in [-0.2, -0.15) is 0 Å². The minimum absolute atomic E-state index is 0.107. The molecule has 0 atom stereocenters. The van der Waals surface area contributed by atoms with E-state index in [1.54, 1.807) is 0 Å². The molecule has 0 saturated carbocycles. The molecule has 5 nitrogen and oxygen atoms in total. The van der Waals surface area contributed by atoms with Gasteiger partial charge in [-0.1, -0.05) is 0 Å². The molecule has 0 saturated heterocycles. The van der Waals surface area contributed by atoms with Crippen LogP contribution in [0.25, 0.3) is 10.1 Å². The third-order valence-corrected chi connectivity index (χ3v) is 5.49. The monoisotopic (exact) mass is 311 g/mol. The van der Waals surface area contributed by atoms with Gasteiger partial charge in [-0.05, 0) is 18.2 Å². The highest BCUT2D eigenvalue weighted by Gasteiger charge is 2.18. The van der Waals surface area contributed by atoms with Crippen molar-refractivity contribution in [2.45, 2.75) is 9.79 Å². The van der Waals surface area contributed by atoms with Gasteiger partial charge in [0.15, 0.2) is 0 Å². The van der Waals surface area contributed by atoms with Crippen LogP contribution in [-0.2, 0) is 19.1 Å². The molecule has 0 radical (unpaired) electrons. The fourth-order valence-electron chi connectivity index (χ4n) is 1.35. The van der Waals surface area contributed by atoms with E-state index in [0.29, 0.717) is 4.70 Å². The van der Waals surface area contributed by atoms with E-state index in [9.17, 15) is 16.8 Å². The molecule has 0 spiro atoms. The van der Waals surface area contributed by atoms with Crippen LogP contribution in [0.5, 0.6) is 0 Å². The third-order valence-electron chi connectivity index (χ3n) is 2.10. The Bertz CT molecular complexity index is 791. The van der Waals surface area contributed by atoms with E-state index < -0.39 is 19.1 Å². The Hall–Kier alpha value is -0.670. The zero-order chi connectivity index (χ0) is 12.8. The summed E-state index contributed by atoms with van der Waals surface area (Å²) in [5.74, 6) is 0. The summed E-state index contributed by atoms with van der Waals surface area (Å²) in [4.78, 5) is -0.255. The zero-order valence-electron chi connectivity index (χ0n) is 8.12. The Morgan fingerprint density at radius 3 is 2.35 bits per heavy atom. The lowest BCUT2D eigenvalue weighted by atomic mass is 10.3. The molecule has 1 heterocycles. The lowest BCUT2D eigenvalue weighted by molar-refractivity contribution is 0.597. The standard InChI is InChI=1S/C8H6ClNO4S3/c9-16(11,12)8-4-15-7-2-1-5(3-6(7)8)17(10,13)14/h1-4H,(H2,10,13,14). The van der Waals surface area contributed by atoms with Gasteiger partial charge in [0.25, 0.3) is 9.05 Å². The van der Waals surface area contributed by atoms with Crippen molar-refractivity contribution in [2.75, 3.05) is 0 Å². The van der Waals surface area contributed by atoms with Gasteiger partial charge < -0.3 is 0 Å². The Morgan fingerprint density at radius 1 is 1.18 bits per heavy atom. The number of hydrogen-bond donors (Lipinski definition) is 1. The molecule has 0 amide bonds. The molecular formula is C8H6ClNO4S3. The smallest absolute Gasteiger partial charge is 0.225 e. The SMILES string of the molecule is NS(=O)(=O)c1ccc2scc(S(=O)(=O)Cl)c2c1. The Kier molecular flexibility index (Phi) is 2.95. The quantitative estimate of drug-likeness (QED) is 0.850. The number of benzene rings is 1. The number of fused-ring (bicyclic) bond motifs is 1. The highest BCUT2D eigenvalue weighted by atomic mass is 35.7. The Balaban J connectivity index is 2.85. The molecule has 0 unspecified atom stereocenters. The molecule has 0 bridgehead atoms. The molecule has 9 heteroatoms. The van der Waals surface area contributed by atoms with Gasteiger partial charge in [-0.25, -0.2) is 22.0 Å². The van der Waals surface area contributed by atoms with Gasteiger partial charge in [0, 0.05) is 26.1 Å². The maximum atomic E-state index is 11.3. The maximum Gasteiger partial charge on any atom is 0.262 e. The fraction of sp³-hybridized carbons (Fsp3) is 0. The average molecular weight is 312 g/mol. The summed E-state index contributed by atoms with van der Waals surface area (Å²) in [7, 11) is -2.53. The third kappa shape index (κ3) is 2.45. The molecule has 2 N–H and O–H groups in total. The van der Waals surface area contributed by atoms with E-state index >= 15 is 0 Å². The van der Waals surface area contributed by atoms with Gasteiger partial charge in [-0.3, -0.25) is 0 Å². The second-order valence-corrected chi connectivity index (χ2v) is 8.25. The first kappa shape index (κ1) is 12.8. The number of hydrogen-bond acceptors (Lipinski definition) is 5. The van der Waals surface area contributed by atoms with Crippen LogP contribution < -0.4 is 5.14 Å².